The summed E-state index contributed by atoms with van der Waals surface area (Å²) in [4.78, 5) is 13.7. The van der Waals surface area contributed by atoms with Crippen molar-refractivity contribution in [3.8, 4) is 0 Å². The zero-order chi connectivity index (χ0) is 10.8. The number of carbonyl (C=O) groups is 1. The largest absolute Gasteiger partial charge is 0.308 e. The second-order valence-electron chi connectivity index (χ2n) is 4.31. The zero-order valence-electron chi connectivity index (χ0n) is 9.36. The second kappa shape index (κ2) is 4.14. The summed E-state index contributed by atoms with van der Waals surface area (Å²) in [6.45, 7) is 1.83. The molecule has 1 aromatic rings. The number of ketones is 1. The molecule has 0 saturated carbocycles. The number of aromatic nitrogens is 2. The zero-order valence-corrected chi connectivity index (χ0v) is 9.36. The van der Waals surface area contributed by atoms with Gasteiger partial charge in [0.15, 0.2) is 5.78 Å². The van der Waals surface area contributed by atoms with Gasteiger partial charge < -0.3 is 4.90 Å². The van der Waals surface area contributed by atoms with Crippen LogP contribution < -0.4 is 0 Å². The van der Waals surface area contributed by atoms with Gasteiger partial charge in [0.05, 0.1) is 18.3 Å². The van der Waals surface area contributed by atoms with Crippen molar-refractivity contribution in [2.24, 2.45) is 0 Å². The molecule has 15 heavy (non-hydrogen) atoms. The lowest BCUT2D eigenvalue weighted by Gasteiger charge is -2.15. The van der Waals surface area contributed by atoms with E-state index in [0.29, 0.717) is 6.42 Å². The highest BCUT2D eigenvalue weighted by Gasteiger charge is 2.21. The lowest BCUT2D eigenvalue weighted by atomic mass is 9.97. The van der Waals surface area contributed by atoms with Gasteiger partial charge in [-0.25, -0.2) is 0 Å². The first kappa shape index (κ1) is 10.4. The fourth-order valence-corrected chi connectivity index (χ4v) is 1.95. The third-order valence-electron chi connectivity index (χ3n) is 2.83. The maximum Gasteiger partial charge on any atom is 0.166 e. The fraction of sp³-hybridized carbons (Fsp3) is 0.636. The molecular formula is C11H17N3O. The highest BCUT2D eigenvalue weighted by Crippen LogP contribution is 2.20. The van der Waals surface area contributed by atoms with Gasteiger partial charge in [-0.1, -0.05) is 0 Å². The monoisotopic (exact) mass is 207 g/mol. The van der Waals surface area contributed by atoms with E-state index in [1.54, 1.807) is 6.20 Å². The normalized spacial score (nSPS) is 15.8. The van der Waals surface area contributed by atoms with E-state index in [1.165, 1.54) is 0 Å². The Hall–Kier alpha value is -1.16. The lowest BCUT2D eigenvalue weighted by Crippen LogP contribution is -2.21. The molecule has 0 aliphatic heterocycles. The van der Waals surface area contributed by atoms with E-state index < -0.39 is 0 Å². The summed E-state index contributed by atoms with van der Waals surface area (Å²) >= 11 is 0. The minimum atomic E-state index is 0.257. The molecule has 1 aromatic heterocycles. The summed E-state index contributed by atoms with van der Waals surface area (Å²) in [5.74, 6) is 0.257. The molecule has 0 aromatic carbocycles. The molecule has 0 N–H and O–H groups in total. The quantitative estimate of drug-likeness (QED) is 0.741. The molecule has 0 amide bonds. The van der Waals surface area contributed by atoms with Gasteiger partial charge in [-0.3, -0.25) is 9.48 Å². The van der Waals surface area contributed by atoms with Gasteiger partial charge in [-0.05, 0) is 26.9 Å². The minimum absolute atomic E-state index is 0.257. The third-order valence-corrected chi connectivity index (χ3v) is 2.83. The Morgan fingerprint density at radius 3 is 3.00 bits per heavy atom. The van der Waals surface area contributed by atoms with E-state index in [-0.39, 0.29) is 5.78 Å². The van der Waals surface area contributed by atoms with Gasteiger partial charge in [0, 0.05) is 18.7 Å². The van der Waals surface area contributed by atoms with Crippen molar-refractivity contribution >= 4 is 5.78 Å². The van der Waals surface area contributed by atoms with Crippen molar-refractivity contribution in [3.63, 3.8) is 0 Å². The molecule has 4 heteroatoms. The molecule has 0 fully saturated rings. The average molecular weight is 207 g/mol. The van der Waals surface area contributed by atoms with E-state index in [4.69, 9.17) is 0 Å². The second-order valence-corrected chi connectivity index (χ2v) is 4.31. The van der Waals surface area contributed by atoms with Crippen LogP contribution in [0, 0.1) is 0 Å². The van der Waals surface area contributed by atoms with Crippen molar-refractivity contribution in [1.82, 2.24) is 14.7 Å². The highest BCUT2D eigenvalue weighted by atomic mass is 16.1. The molecule has 0 unspecified atom stereocenters. The van der Waals surface area contributed by atoms with Crippen LogP contribution in [0.5, 0.6) is 0 Å². The molecule has 1 aliphatic rings. The SMILES string of the molecule is CN(C)CCn1ncc2c1CCCC2=O. The fourth-order valence-electron chi connectivity index (χ4n) is 1.95. The van der Waals surface area contributed by atoms with Crippen LogP contribution in [0.15, 0.2) is 6.20 Å². The summed E-state index contributed by atoms with van der Waals surface area (Å²) in [6, 6.07) is 0. The van der Waals surface area contributed by atoms with E-state index in [9.17, 15) is 4.79 Å². The Labute approximate surface area is 89.9 Å². The van der Waals surface area contributed by atoms with Crippen molar-refractivity contribution in [1.29, 1.82) is 0 Å². The smallest absolute Gasteiger partial charge is 0.166 e. The number of rotatable bonds is 3. The molecule has 0 bridgehead atoms. The minimum Gasteiger partial charge on any atom is -0.308 e. The van der Waals surface area contributed by atoms with Crippen LogP contribution in [-0.2, 0) is 13.0 Å². The van der Waals surface area contributed by atoms with Gasteiger partial charge in [0.25, 0.3) is 0 Å². The maximum atomic E-state index is 11.6. The van der Waals surface area contributed by atoms with Crippen LogP contribution in [0.25, 0.3) is 0 Å². The van der Waals surface area contributed by atoms with Crippen molar-refractivity contribution < 1.29 is 4.79 Å². The van der Waals surface area contributed by atoms with Crippen LogP contribution >= 0.6 is 0 Å². The number of likely N-dealkylation sites (N-methyl/N-ethyl adjacent to an activating group) is 1. The molecule has 0 spiro atoms. The number of fused-ring (bicyclic) bond motifs is 1. The van der Waals surface area contributed by atoms with E-state index >= 15 is 0 Å². The Bertz CT molecular complexity index is 368. The number of hydrogen-bond donors (Lipinski definition) is 0. The molecule has 82 valence electrons. The van der Waals surface area contributed by atoms with Crippen LogP contribution in [0.2, 0.25) is 0 Å². The predicted octanol–water partition coefficient (Wildman–Crippen LogP) is 0.964. The number of nitrogens with zero attached hydrogens (tertiary/aromatic N) is 3. The Balaban J connectivity index is 2.16. The summed E-state index contributed by atoms with van der Waals surface area (Å²) in [5, 5.41) is 4.29. The Morgan fingerprint density at radius 1 is 1.47 bits per heavy atom. The van der Waals surface area contributed by atoms with Gasteiger partial charge in [0.2, 0.25) is 0 Å². The Morgan fingerprint density at radius 2 is 2.27 bits per heavy atom. The third kappa shape index (κ3) is 2.09. The molecule has 1 aliphatic carbocycles. The summed E-state index contributed by atoms with van der Waals surface area (Å²) in [5.41, 5.74) is 1.98. The lowest BCUT2D eigenvalue weighted by molar-refractivity contribution is 0.0971. The predicted molar refractivity (Wildman–Crippen MR) is 58.0 cm³/mol. The Kier molecular flexibility index (Phi) is 2.86. The topological polar surface area (TPSA) is 38.1 Å². The van der Waals surface area contributed by atoms with Crippen LogP contribution in [0.3, 0.4) is 0 Å². The first-order valence-corrected chi connectivity index (χ1v) is 5.41. The average Bonchev–Trinajstić information content (AvgIpc) is 2.59. The van der Waals surface area contributed by atoms with Crippen LogP contribution in [0.1, 0.15) is 28.9 Å². The summed E-state index contributed by atoms with van der Waals surface area (Å²) in [7, 11) is 4.09. The van der Waals surface area contributed by atoms with E-state index in [1.807, 2.05) is 18.8 Å². The number of Topliss-reactive ketones (excluding diaryl/α,β-unsaturated/α-hetero) is 1. The van der Waals surface area contributed by atoms with Gasteiger partial charge in [0.1, 0.15) is 0 Å². The maximum absolute atomic E-state index is 11.6. The van der Waals surface area contributed by atoms with Gasteiger partial charge in [-0.15, -0.1) is 0 Å². The van der Waals surface area contributed by atoms with Crippen molar-refractivity contribution in [3.05, 3.63) is 17.5 Å². The van der Waals surface area contributed by atoms with Crippen LogP contribution in [0.4, 0.5) is 0 Å². The number of carbonyl (C=O) groups excluding carboxylic acids is 1. The van der Waals surface area contributed by atoms with Crippen molar-refractivity contribution in [2.45, 2.75) is 25.8 Å². The molecule has 1 heterocycles. The highest BCUT2D eigenvalue weighted by molar-refractivity contribution is 5.97. The summed E-state index contributed by atoms with van der Waals surface area (Å²) < 4.78 is 1.98. The van der Waals surface area contributed by atoms with Gasteiger partial charge in [-0.2, -0.15) is 5.10 Å². The van der Waals surface area contributed by atoms with E-state index in [0.717, 1.165) is 37.2 Å². The molecule has 4 nitrogen and oxygen atoms in total. The molecule has 0 radical (unpaired) electrons. The molecule has 0 saturated heterocycles. The standard InChI is InChI=1S/C11H17N3O/c1-13(2)6-7-14-10-4-3-5-11(15)9(10)8-12-14/h8H,3-7H2,1-2H3. The molecular weight excluding hydrogens is 190 g/mol. The first-order chi connectivity index (χ1) is 7.18. The number of hydrogen-bond acceptors (Lipinski definition) is 3. The molecule has 0 atom stereocenters. The van der Waals surface area contributed by atoms with Gasteiger partial charge >= 0.3 is 0 Å². The molecule has 2 rings (SSSR count). The summed E-state index contributed by atoms with van der Waals surface area (Å²) in [6.07, 6.45) is 4.38. The van der Waals surface area contributed by atoms with E-state index in [2.05, 4.69) is 10.00 Å². The van der Waals surface area contributed by atoms with Crippen molar-refractivity contribution in [2.75, 3.05) is 20.6 Å². The first-order valence-electron chi connectivity index (χ1n) is 5.41. The van der Waals surface area contributed by atoms with Crippen LogP contribution in [-0.4, -0.2) is 41.1 Å².